The minimum absolute atomic E-state index is 0.388. The Kier molecular flexibility index (Phi) is 4.23. The van der Waals surface area contributed by atoms with Crippen molar-refractivity contribution in [3.8, 4) is 0 Å². The molecule has 1 aliphatic rings. The Morgan fingerprint density at radius 1 is 1.19 bits per heavy atom. The minimum atomic E-state index is 0.388. The number of benzene rings is 1. The smallest absolute Gasteiger partial charge is 0.0775 e. The summed E-state index contributed by atoms with van der Waals surface area (Å²) in [4.78, 5) is 0. The van der Waals surface area contributed by atoms with Gasteiger partial charge < -0.3 is 10.1 Å². The number of hydrogen-bond acceptors (Lipinski definition) is 2. The van der Waals surface area contributed by atoms with Crippen LogP contribution in [0.25, 0.3) is 0 Å². The fourth-order valence-electron chi connectivity index (χ4n) is 2.42. The average molecular weight is 219 g/mol. The molecule has 0 radical (unpaired) electrons. The molecule has 1 fully saturated rings. The zero-order chi connectivity index (χ0) is 11.2. The van der Waals surface area contributed by atoms with Crippen molar-refractivity contribution < 1.29 is 4.74 Å². The molecule has 2 nitrogen and oxygen atoms in total. The first-order chi connectivity index (χ1) is 7.90. The van der Waals surface area contributed by atoms with Gasteiger partial charge in [-0.2, -0.15) is 0 Å². The van der Waals surface area contributed by atoms with Gasteiger partial charge in [-0.1, -0.05) is 31.0 Å². The Hall–Kier alpha value is -1.02. The lowest BCUT2D eigenvalue weighted by molar-refractivity contribution is 0.0280. The van der Waals surface area contributed by atoms with Crippen LogP contribution in [0.4, 0.5) is 5.69 Å². The molecule has 0 amide bonds. The maximum absolute atomic E-state index is 5.81. The van der Waals surface area contributed by atoms with Crippen LogP contribution < -0.4 is 5.32 Å². The first-order valence-corrected chi connectivity index (χ1v) is 6.33. The SMILES string of the molecule is CCO[C@H]1CCCC[C@@H]1Nc1ccccc1. The van der Waals surface area contributed by atoms with E-state index in [-0.39, 0.29) is 0 Å². The topological polar surface area (TPSA) is 21.3 Å². The highest BCUT2D eigenvalue weighted by atomic mass is 16.5. The van der Waals surface area contributed by atoms with Crippen molar-refractivity contribution >= 4 is 5.69 Å². The number of anilines is 1. The highest BCUT2D eigenvalue weighted by Crippen LogP contribution is 2.24. The second-order valence-electron chi connectivity index (χ2n) is 4.40. The standard InChI is InChI=1S/C14H21NO/c1-2-16-14-11-7-6-10-13(14)15-12-8-4-3-5-9-12/h3-5,8-9,13-15H,2,6-7,10-11H2,1H3/t13-,14-/m0/s1. The van der Waals surface area contributed by atoms with Gasteiger partial charge in [0, 0.05) is 12.3 Å². The van der Waals surface area contributed by atoms with Crippen LogP contribution in [-0.4, -0.2) is 18.8 Å². The number of rotatable bonds is 4. The van der Waals surface area contributed by atoms with Crippen LogP contribution in [0.3, 0.4) is 0 Å². The average Bonchev–Trinajstić information content (AvgIpc) is 2.33. The van der Waals surface area contributed by atoms with Crippen LogP contribution in [0.15, 0.2) is 30.3 Å². The molecule has 0 heterocycles. The van der Waals surface area contributed by atoms with Crippen molar-refractivity contribution in [2.75, 3.05) is 11.9 Å². The van der Waals surface area contributed by atoms with E-state index in [9.17, 15) is 0 Å². The summed E-state index contributed by atoms with van der Waals surface area (Å²) in [6.45, 7) is 2.89. The number of nitrogens with one attached hydrogen (secondary N) is 1. The zero-order valence-electron chi connectivity index (χ0n) is 9.99. The molecule has 1 aromatic rings. The molecule has 2 heteroatoms. The number of para-hydroxylation sites is 1. The van der Waals surface area contributed by atoms with E-state index in [1.54, 1.807) is 0 Å². The van der Waals surface area contributed by atoms with Gasteiger partial charge in [0.15, 0.2) is 0 Å². The lowest BCUT2D eigenvalue weighted by atomic mass is 9.92. The molecule has 1 aliphatic carbocycles. The molecule has 88 valence electrons. The van der Waals surface area contributed by atoms with Crippen molar-refractivity contribution in [1.29, 1.82) is 0 Å². The summed E-state index contributed by atoms with van der Waals surface area (Å²) >= 11 is 0. The summed E-state index contributed by atoms with van der Waals surface area (Å²) < 4.78 is 5.81. The minimum Gasteiger partial charge on any atom is -0.380 e. The lowest BCUT2D eigenvalue weighted by Gasteiger charge is -2.32. The molecule has 0 spiro atoms. The third kappa shape index (κ3) is 2.99. The van der Waals surface area contributed by atoms with Crippen LogP contribution in [0.5, 0.6) is 0 Å². The molecule has 0 aliphatic heterocycles. The molecule has 2 rings (SSSR count). The molecular formula is C14H21NO. The van der Waals surface area contributed by atoms with Crippen molar-refractivity contribution in [1.82, 2.24) is 0 Å². The second-order valence-corrected chi connectivity index (χ2v) is 4.40. The van der Waals surface area contributed by atoms with E-state index >= 15 is 0 Å². The van der Waals surface area contributed by atoms with Crippen LogP contribution in [-0.2, 0) is 4.74 Å². The van der Waals surface area contributed by atoms with E-state index < -0.39 is 0 Å². The van der Waals surface area contributed by atoms with Crippen molar-refractivity contribution in [3.05, 3.63) is 30.3 Å². The van der Waals surface area contributed by atoms with Crippen molar-refractivity contribution in [2.24, 2.45) is 0 Å². The third-order valence-electron chi connectivity index (χ3n) is 3.21. The Morgan fingerprint density at radius 3 is 2.69 bits per heavy atom. The molecule has 1 N–H and O–H groups in total. The third-order valence-corrected chi connectivity index (χ3v) is 3.21. The Bertz CT molecular complexity index is 297. The summed E-state index contributed by atoms with van der Waals surface area (Å²) in [5, 5.41) is 3.59. The summed E-state index contributed by atoms with van der Waals surface area (Å²) in [5.74, 6) is 0. The van der Waals surface area contributed by atoms with Crippen LogP contribution in [0.2, 0.25) is 0 Å². The van der Waals surface area contributed by atoms with Gasteiger partial charge in [0.1, 0.15) is 0 Å². The molecule has 0 unspecified atom stereocenters. The van der Waals surface area contributed by atoms with Gasteiger partial charge >= 0.3 is 0 Å². The number of hydrogen-bond donors (Lipinski definition) is 1. The Morgan fingerprint density at radius 2 is 1.94 bits per heavy atom. The van der Waals surface area contributed by atoms with Gasteiger partial charge in [-0.15, -0.1) is 0 Å². The van der Waals surface area contributed by atoms with E-state index in [1.807, 2.05) is 6.07 Å². The van der Waals surface area contributed by atoms with Crippen LogP contribution in [0.1, 0.15) is 32.6 Å². The summed E-state index contributed by atoms with van der Waals surface area (Å²) in [6.07, 6.45) is 5.42. The monoisotopic (exact) mass is 219 g/mol. The fourth-order valence-corrected chi connectivity index (χ4v) is 2.42. The molecule has 1 saturated carbocycles. The van der Waals surface area contributed by atoms with Gasteiger partial charge in [0.25, 0.3) is 0 Å². The number of ether oxygens (including phenoxy) is 1. The first-order valence-electron chi connectivity index (χ1n) is 6.33. The zero-order valence-corrected chi connectivity index (χ0v) is 9.99. The maximum Gasteiger partial charge on any atom is 0.0775 e. The molecule has 2 atom stereocenters. The highest BCUT2D eigenvalue weighted by Gasteiger charge is 2.24. The predicted molar refractivity (Wildman–Crippen MR) is 67.7 cm³/mol. The van der Waals surface area contributed by atoms with E-state index in [0.717, 1.165) is 6.61 Å². The summed E-state index contributed by atoms with van der Waals surface area (Å²) in [6, 6.07) is 10.9. The van der Waals surface area contributed by atoms with E-state index in [1.165, 1.54) is 31.4 Å². The van der Waals surface area contributed by atoms with Gasteiger partial charge in [0.2, 0.25) is 0 Å². The highest BCUT2D eigenvalue weighted by molar-refractivity contribution is 5.43. The molecular weight excluding hydrogens is 198 g/mol. The van der Waals surface area contributed by atoms with Gasteiger partial charge in [-0.25, -0.2) is 0 Å². The second kappa shape index (κ2) is 5.90. The van der Waals surface area contributed by atoms with E-state index in [4.69, 9.17) is 4.74 Å². The molecule has 16 heavy (non-hydrogen) atoms. The normalized spacial score (nSPS) is 25.3. The van der Waals surface area contributed by atoms with E-state index in [2.05, 4.69) is 36.5 Å². The molecule has 0 bridgehead atoms. The van der Waals surface area contributed by atoms with Crippen molar-refractivity contribution in [2.45, 2.75) is 44.8 Å². The molecule has 0 aromatic heterocycles. The fraction of sp³-hybridized carbons (Fsp3) is 0.571. The van der Waals surface area contributed by atoms with Gasteiger partial charge in [-0.3, -0.25) is 0 Å². The largest absolute Gasteiger partial charge is 0.380 e. The predicted octanol–water partition coefficient (Wildman–Crippen LogP) is 3.45. The quantitative estimate of drug-likeness (QED) is 0.837. The van der Waals surface area contributed by atoms with Crippen LogP contribution >= 0.6 is 0 Å². The molecule has 0 saturated heterocycles. The first kappa shape index (κ1) is 11.5. The van der Waals surface area contributed by atoms with Crippen LogP contribution in [0, 0.1) is 0 Å². The Labute approximate surface area is 98.0 Å². The van der Waals surface area contributed by atoms with E-state index in [0.29, 0.717) is 12.1 Å². The summed E-state index contributed by atoms with van der Waals surface area (Å²) in [7, 11) is 0. The lowest BCUT2D eigenvalue weighted by Crippen LogP contribution is -2.38. The van der Waals surface area contributed by atoms with Gasteiger partial charge in [-0.05, 0) is 31.9 Å². The maximum atomic E-state index is 5.81. The van der Waals surface area contributed by atoms with Crippen molar-refractivity contribution in [3.63, 3.8) is 0 Å². The Balaban J connectivity index is 1.96. The van der Waals surface area contributed by atoms with Gasteiger partial charge in [0.05, 0.1) is 12.1 Å². The molecule has 1 aromatic carbocycles. The summed E-state index contributed by atoms with van der Waals surface area (Å²) in [5.41, 5.74) is 1.21.